The highest BCUT2D eigenvalue weighted by Crippen LogP contribution is 2.66. The van der Waals surface area contributed by atoms with Gasteiger partial charge in [0.15, 0.2) is 0 Å². The third kappa shape index (κ3) is 4.25. The van der Waals surface area contributed by atoms with Gasteiger partial charge in [0.1, 0.15) is 6.04 Å². The lowest BCUT2D eigenvalue weighted by Gasteiger charge is -2.40. The normalized spacial score (nSPS) is 31.6. The standard InChI is InChI=1S/C32H34ClN3O4S/c1-20-10-7-13-23(33)26(20)35-17-9-15-32-25(24-28(38)34(3)16-8-14-31(24,2)41-32)29(39)36(27(32)30(35)40)22(19-37)18-21-11-5-4-6-12-21/h4-15,22,24-25,27,37H,16-19H2,1-3H3/t22-,24-,25+,27?,31+,32+/m1/s1. The summed E-state index contributed by atoms with van der Waals surface area (Å²) in [6, 6.07) is 13.6. The number of likely N-dealkylation sites (tertiary alicyclic amines) is 1. The third-order valence-electron chi connectivity index (χ3n) is 9.07. The van der Waals surface area contributed by atoms with E-state index in [0.717, 1.165) is 11.1 Å². The van der Waals surface area contributed by atoms with Crippen LogP contribution in [-0.4, -0.2) is 80.9 Å². The van der Waals surface area contributed by atoms with Gasteiger partial charge in [0.25, 0.3) is 5.91 Å². The Labute approximate surface area is 249 Å². The number of fused-ring (bicyclic) bond motifs is 2. The third-order valence-corrected chi connectivity index (χ3v) is 11.2. The molecule has 2 fully saturated rings. The van der Waals surface area contributed by atoms with Crippen LogP contribution < -0.4 is 4.90 Å². The summed E-state index contributed by atoms with van der Waals surface area (Å²) in [5, 5.41) is 11.2. The Hall–Kier alpha value is -3.07. The Morgan fingerprint density at radius 1 is 0.976 bits per heavy atom. The van der Waals surface area contributed by atoms with E-state index in [-0.39, 0.29) is 30.9 Å². The number of benzene rings is 2. The van der Waals surface area contributed by atoms with Gasteiger partial charge in [-0.15, -0.1) is 11.8 Å². The predicted octanol–water partition coefficient (Wildman–Crippen LogP) is 3.87. The van der Waals surface area contributed by atoms with Crippen molar-refractivity contribution in [3.8, 4) is 0 Å². The molecule has 0 bridgehead atoms. The Morgan fingerprint density at radius 2 is 1.71 bits per heavy atom. The molecule has 4 heterocycles. The van der Waals surface area contributed by atoms with Crippen LogP contribution in [0.4, 0.5) is 5.69 Å². The quantitative estimate of drug-likeness (QED) is 0.534. The summed E-state index contributed by atoms with van der Waals surface area (Å²) in [7, 11) is 1.75. The summed E-state index contributed by atoms with van der Waals surface area (Å²) in [5.41, 5.74) is 2.41. The molecule has 0 saturated carbocycles. The molecule has 9 heteroatoms. The largest absolute Gasteiger partial charge is 0.394 e. The van der Waals surface area contributed by atoms with Gasteiger partial charge in [0, 0.05) is 24.9 Å². The van der Waals surface area contributed by atoms with Crippen molar-refractivity contribution in [2.45, 2.75) is 41.8 Å². The van der Waals surface area contributed by atoms with Crippen molar-refractivity contribution in [1.29, 1.82) is 0 Å². The van der Waals surface area contributed by atoms with Crippen LogP contribution in [0.15, 0.2) is 72.8 Å². The van der Waals surface area contributed by atoms with E-state index in [1.807, 2.05) is 80.6 Å². The maximum Gasteiger partial charge on any atom is 0.251 e. The van der Waals surface area contributed by atoms with E-state index in [1.165, 1.54) is 11.8 Å². The van der Waals surface area contributed by atoms with Gasteiger partial charge in [0.2, 0.25) is 11.8 Å². The number of anilines is 1. The van der Waals surface area contributed by atoms with Crippen LogP contribution in [-0.2, 0) is 20.8 Å². The fourth-order valence-corrected chi connectivity index (χ4v) is 9.75. The molecule has 4 aliphatic rings. The van der Waals surface area contributed by atoms with Gasteiger partial charge in [0.05, 0.1) is 39.9 Å². The van der Waals surface area contributed by atoms with E-state index in [9.17, 15) is 19.5 Å². The van der Waals surface area contributed by atoms with Crippen LogP contribution in [0, 0.1) is 18.8 Å². The van der Waals surface area contributed by atoms with Gasteiger partial charge < -0.3 is 19.8 Å². The zero-order valence-electron chi connectivity index (χ0n) is 23.4. The molecule has 0 aromatic heterocycles. The molecule has 4 aliphatic heterocycles. The molecule has 0 aliphatic carbocycles. The van der Waals surface area contributed by atoms with Crippen LogP contribution in [0.1, 0.15) is 18.1 Å². The Kier molecular flexibility index (Phi) is 7.07. The van der Waals surface area contributed by atoms with Crippen molar-refractivity contribution < 1.29 is 19.5 Å². The lowest BCUT2D eigenvalue weighted by atomic mass is 9.74. The number of halogens is 1. The highest BCUT2D eigenvalue weighted by molar-refractivity contribution is 8.02. The molecule has 6 rings (SSSR count). The fraction of sp³-hybridized carbons (Fsp3) is 0.406. The van der Waals surface area contributed by atoms with Crippen LogP contribution in [0.2, 0.25) is 5.02 Å². The lowest BCUT2D eigenvalue weighted by Crippen LogP contribution is -2.57. The number of hydrogen-bond acceptors (Lipinski definition) is 5. The average molecular weight is 592 g/mol. The number of carbonyl (C=O) groups is 3. The summed E-state index contributed by atoms with van der Waals surface area (Å²) in [5.74, 6) is -2.05. The van der Waals surface area contributed by atoms with Crippen molar-refractivity contribution >= 4 is 46.8 Å². The topological polar surface area (TPSA) is 81.2 Å². The van der Waals surface area contributed by atoms with Crippen molar-refractivity contribution in [2.75, 3.05) is 31.6 Å². The zero-order valence-corrected chi connectivity index (χ0v) is 24.9. The first kappa shape index (κ1) is 28.1. The molecule has 2 aromatic carbocycles. The van der Waals surface area contributed by atoms with Crippen LogP contribution >= 0.6 is 23.4 Å². The van der Waals surface area contributed by atoms with Gasteiger partial charge in [-0.1, -0.05) is 78.4 Å². The maximum atomic E-state index is 14.8. The van der Waals surface area contributed by atoms with E-state index < -0.39 is 33.4 Å². The summed E-state index contributed by atoms with van der Waals surface area (Å²) < 4.78 is -1.68. The van der Waals surface area contributed by atoms with Crippen molar-refractivity contribution in [3.05, 3.63) is 89.0 Å². The number of carbonyl (C=O) groups excluding carboxylic acids is 3. The molecular formula is C32H34ClN3O4S. The molecule has 41 heavy (non-hydrogen) atoms. The van der Waals surface area contributed by atoms with Crippen molar-refractivity contribution in [1.82, 2.24) is 9.80 Å². The van der Waals surface area contributed by atoms with Crippen molar-refractivity contribution in [3.63, 3.8) is 0 Å². The first-order valence-electron chi connectivity index (χ1n) is 14.0. The SMILES string of the molecule is Cc1cccc(Cl)c1N1CC=C[C@]23S[C@@]4(C)C=CCN(C)C(=O)[C@H]4[C@H]2C(=O)N([C@@H](CO)Cc2ccccc2)C3C1=O. The molecule has 2 aromatic rings. The first-order chi connectivity index (χ1) is 19.6. The zero-order chi connectivity index (χ0) is 29.1. The minimum Gasteiger partial charge on any atom is -0.394 e. The van der Waals surface area contributed by atoms with E-state index in [2.05, 4.69) is 0 Å². The summed E-state index contributed by atoms with van der Waals surface area (Å²) in [6.07, 6.45) is 8.33. The minimum absolute atomic E-state index is 0.103. The van der Waals surface area contributed by atoms with Gasteiger partial charge >= 0.3 is 0 Å². The highest BCUT2D eigenvalue weighted by Gasteiger charge is 2.74. The lowest BCUT2D eigenvalue weighted by molar-refractivity contribution is -0.144. The monoisotopic (exact) mass is 591 g/mol. The fourth-order valence-electron chi connectivity index (χ4n) is 7.28. The molecule has 1 spiro atoms. The Bertz CT molecular complexity index is 1440. The predicted molar refractivity (Wildman–Crippen MR) is 162 cm³/mol. The molecule has 0 radical (unpaired) electrons. The Balaban J connectivity index is 1.53. The number of aliphatic hydroxyl groups is 1. The van der Waals surface area contributed by atoms with Crippen LogP contribution in [0.25, 0.3) is 0 Å². The maximum absolute atomic E-state index is 14.8. The van der Waals surface area contributed by atoms with Crippen LogP contribution in [0.3, 0.4) is 0 Å². The molecule has 7 nitrogen and oxygen atoms in total. The molecule has 3 amide bonds. The molecular weight excluding hydrogens is 558 g/mol. The van der Waals surface area contributed by atoms with E-state index in [0.29, 0.717) is 23.7 Å². The van der Waals surface area contributed by atoms with E-state index in [4.69, 9.17) is 11.6 Å². The first-order valence-corrected chi connectivity index (χ1v) is 15.2. The number of aliphatic hydroxyl groups excluding tert-OH is 1. The molecule has 6 atom stereocenters. The van der Waals surface area contributed by atoms with Crippen molar-refractivity contribution in [2.24, 2.45) is 11.8 Å². The second kappa shape index (κ2) is 10.3. The number of amides is 3. The van der Waals surface area contributed by atoms with Gasteiger partial charge in [-0.2, -0.15) is 0 Å². The van der Waals surface area contributed by atoms with Gasteiger partial charge in [-0.05, 0) is 37.5 Å². The second-order valence-electron chi connectivity index (χ2n) is 11.6. The Morgan fingerprint density at radius 3 is 2.41 bits per heavy atom. The van der Waals surface area contributed by atoms with Crippen LogP contribution in [0.5, 0.6) is 0 Å². The molecule has 214 valence electrons. The molecule has 2 saturated heterocycles. The summed E-state index contributed by atoms with van der Waals surface area (Å²) in [4.78, 5) is 48.4. The van der Waals surface area contributed by atoms with E-state index in [1.54, 1.807) is 27.8 Å². The summed E-state index contributed by atoms with van der Waals surface area (Å²) in [6.45, 7) is 4.35. The number of hydrogen-bond donors (Lipinski definition) is 1. The summed E-state index contributed by atoms with van der Waals surface area (Å²) >= 11 is 8.20. The van der Waals surface area contributed by atoms with E-state index >= 15 is 0 Å². The smallest absolute Gasteiger partial charge is 0.251 e. The number of likely N-dealkylation sites (N-methyl/N-ethyl adjacent to an activating group) is 1. The highest BCUT2D eigenvalue weighted by atomic mass is 35.5. The number of thioether (sulfide) groups is 1. The molecule has 1 N–H and O–H groups in total. The number of nitrogens with zero attached hydrogens (tertiary/aromatic N) is 3. The van der Waals surface area contributed by atoms with Gasteiger partial charge in [-0.25, -0.2) is 0 Å². The van der Waals surface area contributed by atoms with Gasteiger partial charge in [-0.3, -0.25) is 14.4 Å². The average Bonchev–Trinajstić information content (AvgIpc) is 3.23. The second-order valence-corrected chi connectivity index (χ2v) is 13.8. The number of rotatable bonds is 5. The molecule has 1 unspecified atom stereocenters. The number of aryl methyl sites for hydroxylation is 1. The minimum atomic E-state index is -1.00. The number of para-hydroxylation sites is 1.